The summed E-state index contributed by atoms with van der Waals surface area (Å²) >= 11 is 0. The molecule has 4 rings (SSSR count). The molecule has 2 aliphatic rings. The molecule has 6 nitrogen and oxygen atoms in total. The van der Waals surface area contributed by atoms with Crippen molar-refractivity contribution in [1.82, 2.24) is 9.80 Å². The third kappa shape index (κ3) is 3.72. The Morgan fingerprint density at radius 1 is 0.903 bits per heavy atom. The van der Waals surface area contributed by atoms with Crippen molar-refractivity contribution in [3.63, 3.8) is 0 Å². The molecule has 0 aliphatic carbocycles. The van der Waals surface area contributed by atoms with Crippen LogP contribution in [0.1, 0.15) is 23.6 Å². The van der Waals surface area contributed by atoms with Gasteiger partial charge in [-0.2, -0.15) is 0 Å². The normalized spacial score (nSPS) is 17.7. The molecule has 0 aromatic heterocycles. The number of likely N-dealkylation sites (N-methyl/N-ethyl adjacent to an activating group) is 1. The summed E-state index contributed by atoms with van der Waals surface area (Å²) in [6.45, 7) is 10.3. The third-order valence-electron chi connectivity index (χ3n) is 6.39. The minimum atomic E-state index is -0.267. The average Bonchev–Trinajstić information content (AvgIpc) is 3.06. The molecule has 0 radical (unpaired) electrons. The number of imide groups is 1. The van der Waals surface area contributed by atoms with E-state index in [1.165, 1.54) is 4.90 Å². The topological polar surface area (TPSA) is 53.1 Å². The van der Waals surface area contributed by atoms with Crippen LogP contribution in [0.15, 0.2) is 48.2 Å². The fourth-order valence-electron chi connectivity index (χ4n) is 4.31. The molecule has 0 saturated carbocycles. The molecule has 1 fully saturated rings. The fraction of sp³-hybridized carbons (Fsp3) is 0.360. The maximum atomic E-state index is 13.7. The Bertz CT molecular complexity index is 1030. The third-order valence-corrected chi connectivity index (χ3v) is 6.39. The van der Waals surface area contributed by atoms with E-state index >= 15 is 0 Å². The van der Waals surface area contributed by atoms with Gasteiger partial charge in [-0.25, -0.2) is 4.90 Å². The number of nitrogens with zero attached hydrogens (tertiary/aromatic N) is 3. The highest BCUT2D eigenvalue weighted by molar-refractivity contribution is 6.45. The smallest absolute Gasteiger partial charge is 0.282 e. The highest BCUT2D eigenvalue weighted by Crippen LogP contribution is 2.37. The lowest BCUT2D eigenvalue weighted by molar-refractivity contribution is -0.120. The van der Waals surface area contributed by atoms with E-state index in [1.54, 1.807) is 7.11 Å². The predicted octanol–water partition coefficient (Wildman–Crippen LogP) is 3.23. The van der Waals surface area contributed by atoms with Crippen LogP contribution in [0.4, 0.5) is 5.69 Å². The number of benzene rings is 2. The molecule has 31 heavy (non-hydrogen) atoms. The van der Waals surface area contributed by atoms with Crippen LogP contribution in [0, 0.1) is 13.8 Å². The van der Waals surface area contributed by atoms with Crippen molar-refractivity contribution >= 4 is 23.1 Å². The number of ether oxygens (including phenoxy) is 1. The number of methoxy groups -OCH3 is 1. The number of anilines is 1. The van der Waals surface area contributed by atoms with Crippen molar-refractivity contribution < 1.29 is 14.3 Å². The van der Waals surface area contributed by atoms with Gasteiger partial charge in [-0.15, -0.1) is 0 Å². The Labute approximate surface area is 183 Å². The number of piperazine rings is 1. The van der Waals surface area contributed by atoms with Gasteiger partial charge in [-0.05, 0) is 55.3 Å². The molecule has 2 amide bonds. The van der Waals surface area contributed by atoms with Gasteiger partial charge in [-0.1, -0.05) is 31.2 Å². The highest BCUT2D eigenvalue weighted by atomic mass is 16.5. The second kappa shape index (κ2) is 8.55. The number of carbonyl (C=O) groups is 2. The lowest BCUT2D eigenvalue weighted by atomic mass is 10.0. The molecular formula is C25H29N3O3. The van der Waals surface area contributed by atoms with Gasteiger partial charge in [0, 0.05) is 26.2 Å². The van der Waals surface area contributed by atoms with Gasteiger partial charge in [0.1, 0.15) is 11.4 Å². The molecule has 0 bridgehead atoms. The van der Waals surface area contributed by atoms with Gasteiger partial charge in [0.25, 0.3) is 11.8 Å². The first-order chi connectivity index (χ1) is 15.0. The number of rotatable bonds is 5. The van der Waals surface area contributed by atoms with Crippen LogP contribution in [0.25, 0.3) is 5.57 Å². The molecule has 2 aliphatic heterocycles. The minimum Gasteiger partial charge on any atom is -0.497 e. The molecule has 0 N–H and O–H groups in total. The first kappa shape index (κ1) is 21.1. The van der Waals surface area contributed by atoms with Crippen molar-refractivity contribution in [3.8, 4) is 5.75 Å². The van der Waals surface area contributed by atoms with Gasteiger partial charge in [0.05, 0.1) is 18.4 Å². The summed E-state index contributed by atoms with van der Waals surface area (Å²) in [5.41, 5.74) is 4.36. The summed E-state index contributed by atoms with van der Waals surface area (Å²) in [4.78, 5) is 33.2. The SMILES string of the molecule is CCN1CCN(C2=C(c3ccc(OC)cc3)C(=O)N(c3cccc(C)c3C)C2=O)CC1. The van der Waals surface area contributed by atoms with Crippen molar-refractivity contribution in [2.45, 2.75) is 20.8 Å². The molecule has 162 valence electrons. The van der Waals surface area contributed by atoms with Gasteiger partial charge >= 0.3 is 0 Å². The number of amides is 2. The number of hydrogen-bond acceptors (Lipinski definition) is 5. The first-order valence-corrected chi connectivity index (χ1v) is 10.8. The van der Waals surface area contributed by atoms with Crippen LogP contribution >= 0.6 is 0 Å². The molecule has 0 atom stereocenters. The van der Waals surface area contributed by atoms with E-state index in [4.69, 9.17) is 4.74 Å². The molecule has 1 saturated heterocycles. The standard InChI is InChI=1S/C25H29N3O3/c1-5-26-13-15-27(16-14-26)23-22(19-9-11-20(31-4)12-10-19)24(29)28(25(23)30)21-8-6-7-17(2)18(21)3/h6-12H,5,13-16H2,1-4H3. The second-order valence-corrected chi connectivity index (χ2v) is 8.04. The largest absolute Gasteiger partial charge is 0.497 e. The van der Waals surface area contributed by atoms with Gasteiger partial charge in [-0.3, -0.25) is 9.59 Å². The molecule has 0 spiro atoms. The zero-order valence-corrected chi connectivity index (χ0v) is 18.6. The van der Waals surface area contributed by atoms with Crippen LogP contribution in [0.5, 0.6) is 5.75 Å². The van der Waals surface area contributed by atoms with Gasteiger partial charge in [0.2, 0.25) is 0 Å². The lowest BCUT2D eigenvalue weighted by Crippen LogP contribution is -2.47. The van der Waals surface area contributed by atoms with E-state index in [9.17, 15) is 9.59 Å². The van der Waals surface area contributed by atoms with E-state index in [0.717, 1.165) is 49.4 Å². The van der Waals surface area contributed by atoms with Crippen molar-refractivity contribution in [3.05, 3.63) is 64.9 Å². The molecule has 2 heterocycles. The predicted molar refractivity (Wildman–Crippen MR) is 122 cm³/mol. The van der Waals surface area contributed by atoms with E-state index in [1.807, 2.05) is 56.3 Å². The van der Waals surface area contributed by atoms with Crippen LogP contribution < -0.4 is 9.64 Å². The zero-order chi connectivity index (χ0) is 22.1. The number of carbonyl (C=O) groups excluding carboxylic acids is 2. The minimum absolute atomic E-state index is 0.241. The van der Waals surface area contributed by atoms with Gasteiger partial charge in [0.15, 0.2) is 0 Å². The summed E-state index contributed by atoms with van der Waals surface area (Å²) in [5, 5.41) is 0. The summed E-state index contributed by atoms with van der Waals surface area (Å²) in [7, 11) is 1.61. The molecule has 6 heteroatoms. The second-order valence-electron chi connectivity index (χ2n) is 8.04. The Hall–Kier alpha value is -3.12. The average molecular weight is 420 g/mol. The molecule has 0 unspecified atom stereocenters. The lowest BCUT2D eigenvalue weighted by Gasteiger charge is -2.36. The van der Waals surface area contributed by atoms with E-state index in [-0.39, 0.29) is 11.8 Å². The van der Waals surface area contributed by atoms with Crippen LogP contribution in [-0.2, 0) is 9.59 Å². The molecule has 2 aromatic carbocycles. The number of hydrogen-bond donors (Lipinski definition) is 0. The van der Waals surface area contributed by atoms with Crippen LogP contribution in [0.3, 0.4) is 0 Å². The van der Waals surface area contributed by atoms with Crippen molar-refractivity contribution in [1.29, 1.82) is 0 Å². The van der Waals surface area contributed by atoms with Crippen molar-refractivity contribution in [2.24, 2.45) is 0 Å². The van der Waals surface area contributed by atoms with E-state index < -0.39 is 0 Å². The summed E-state index contributed by atoms with van der Waals surface area (Å²) in [6.07, 6.45) is 0. The Balaban J connectivity index is 1.80. The van der Waals surface area contributed by atoms with E-state index in [2.05, 4.69) is 16.7 Å². The number of aryl methyl sites for hydroxylation is 1. The summed E-state index contributed by atoms with van der Waals surface area (Å²) in [6, 6.07) is 13.1. The van der Waals surface area contributed by atoms with E-state index in [0.29, 0.717) is 22.7 Å². The summed E-state index contributed by atoms with van der Waals surface area (Å²) < 4.78 is 5.27. The maximum Gasteiger partial charge on any atom is 0.282 e. The highest BCUT2D eigenvalue weighted by Gasteiger charge is 2.43. The Kier molecular flexibility index (Phi) is 5.83. The Morgan fingerprint density at radius 2 is 1.58 bits per heavy atom. The Morgan fingerprint density at radius 3 is 2.19 bits per heavy atom. The van der Waals surface area contributed by atoms with Crippen molar-refractivity contribution in [2.75, 3.05) is 44.7 Å². The first-order valence-electron chi connectivity index (χ1n) is 10.8. The summed E-state index contributed by atoms with van der Waals surface area (Å²) in [5.74, 6) is 0.205. The molecule has 2 aromatic rings. The quantitative estimate of drug-likeness (QED) is 0.697. The molecular weight excluding hydrogens is 390 g/mol. The fourth-order valence-corrected chi connectivity index (χ4v) is 4.31. The van der Waals surface area contributed by atoms with Gasteiger partial charge < -0.3 is 14.5 Å². The maximum absolute atomic E-state index is 13.7. The monoisotopic (exact) mass is 419 g/mol. The zero-order valence-electron chi connectivity index (χ0n) is 18.6. The van der Waals surface area contributed by atoms with Crippen LogP contribution in [-0.4, -0.2) is 61.4 Å². The van der Waals surface area contributed by atoms with Crippen LogP contribution in [0.2, 0.25) is 0 Å².